The summed E-state index contributed by atoms with van der Waals surface area (Å²) in [6.45, 7) is 4.77. The van der Waals surface area contributed by atoms with E-state index in [1.54, 1.807) is 6.08 Å². The zero-order valence-corrected chi connectivity index (χ0v) is 14.2. The standard InChI is InChI=1S/C21H23NO2/c1-16(2)24-19-10-5-7-17(15-19)12-13-21(23)22-14-6-9-18-8-3-4-11-20(18)22/h3-5,7-8,10-13,15-16H,6,9,14H2,1-2H3/b13-12+. The Bertz CT molecular complexity index is 749. The van der Waals surface area contributed by atoms with Gasteiger partial charge in [0.25, 0.3) is 5.91 Å². The van der Waals surface area contributed by atoms with E-state index in [0.29, 0.717) is 0 Å². The van der Waals surface area contributed by atoms with Crippen molar-refractivity contribution in [3.63, 3.8) is 0 Å². The van der Waals surface area contributed by atoms with Crippen LogP contribution in [0.5, 0.6) is 5.75 Å². The molecule has 2 aromatic carbocycles. The van der Waals surface area contributed by atoms with Crippen molar-refractivity contribution in [3.05, 3.63) is 65.7 Å². The van der Waals surface area contributed by atoms with Crippen LogP contribution in [0.2, 0.25) is 0 Å². The summed E-state index contributed by atoms with van der Waals surface area (Å²) < 4.78 is 5.70. The van der Waals surface area contributed by atoms with Crippen LogP contribution >= 0.6 is 0 Å². The normalized spacial score (nSPS) is 14.0. The number of fused-ring (bicyclic) bond motifs is 1. The Morgan fingerprint density at radius 3 is 2.83 bits per heavy atom. The van der Waals surface area contributed by atoms with Gasteiger partial charge in [-0.25, -0.2) is 0 Å². The molecule has 0 saturated carbocycles. The molecule has 0 bridgehead atoms. The lowest BCUT2D eigenvalue weighted by atomic mass is 10.0. The zero-order valence-electron chi connectivity index (χ0n) is 14.2. The summed E-state index contributed by atoms with van der Waals surface area (Å²) in [5.41, 5.74) is 3.25. The van der Waals surface area contributed by atoms with Gasteiger partial charge in [-0.15, -0.1) is 0 Å². The van der Waals surface area contributed by atoms with E-state index in [0.717, 1.165) is 36.4 Å². The molecule has 1 aliphatic heterocycles. The molecular weight excluding hydrogens is 298 g/mol. The van der Waals surface area contributed by atoms with Gasteiger partial charge in [-0.1, -0.05) is 30.3 Å². The number of carbonyl (C=O) groups excluding carboxylic acids is 1. The average Bonchev–Trinajstić information content (AvgIpc) is 2.59. The van der Waals surface area contributed by atoms with E-state index in [1.807, 2.05) is 67.3 Å². The molecule has 3 rings (SSSR count). The second-order valence-corrected chi connectivity index (χ2v) is 6.29. The van der Waals surface area contributed by atoms with E-state index in [1.165, 1.54) is 5.56 Å². The Kier molecular flexibility index (Phi) is 4.99. The lowest BCUT2D eigenvalue weighted by molar-refractivity contribution is -0.114. The number of anilines is 1. The second-order valence-electron chi connectivity index (χ2n) is 6.29. The molecule has 2 aromatic rings. The van der Waals surface area contributed by atoms with E-state index >= 15 is 0 Å². The molecule has 1 amide bonds. The smallest absolute Gasteiger partial charge is 0.250 e. The highest BCUT2D eigenvalue weighted by Gasteiger charge is 2.20. The highest BCUT2D eigenvalue weighted by atomic mass is 16.5. The molecule has 3 heteroatoms. The number of carbonyl (C=O) groups is 1. The van der Waals surface area contributed by atoms with E-state index in [9.17, 15) is 4.79 Å². The average molecular weight is 321 g/mol. The van der Waals surface area contributed by atoms with E-state index in [-0.39, 0.29) is 12.0 Å². The van der Waals surface area contributed by atoms with Gasteiger partial charge in [0, 0.05) is 18.3 Å². The van der Waals surface area contributed by atoms with Crippen molar-refractivity contribution in [2.24, 2.45) is 0 Å². The van der Waals surface area contributed by atoms with Gasteiger partial charge in [-0.05, 0) is 62.1 Å². The third-order valence-electron chi connectivity index (χ3n) is 4.02. The van der Waals surface area contributed by atoms with Crippen LogP contribution < -0.4 is 9.64 Å². The first-order chi connectivity index (χ1) is 11.6. The van der Waals surface area contributed by atoms with Gasteiger partial charge in [0.1, 0.15) is 5.75 Å². The highest BCUT2D eigenvalue weighted by molar-refractivity contribution is 6.04. The maximum Gasteiger partial charge on any atom is 0.250 e. The van der Waals surface area contributed by atoms with Gasteiger partial charge in [-0.2, -0.15) is 0 Å². The first kappa shape index (κ1) is 16.3. The molecule has 3 nitrogen and oxygen atoms in total. The lowest BCUT2D eigenvalue weighted by Gasteiger charge is -2.28. The fourth-order valence-electron chi connectivity index (χ4n) is 2.98. The number of aryl methyl sites for hydroxylation is 1. The molecule has 0 N–H and O–H groups in total. The minimum Gasteiger partial charge on any atom is -0.491 e. The molecule has 0 saturated heterocycles. The molecule has 24 heavy (non-hydrogen) atoms. The van der Waals surface area contributed by atoms with Crippen LogP contribution in [0.15, 0.2) is 54.6 Å². The van der Waals surface area contributed by atoms with Gasteiger partial charge in [-0.3, -0.25) is 4.79 Å². The maximum atomic E-state index is 12.6. The summed E-state index contributed by atoms with van der Waals surface area (Å²) in [5.74, 6) is 0.847. The molecule has 0 fully saturated rings. The molecule has 0 aromatic heterocycles. The van der Waals surface area contributed by atoms with E-state index in [4.69, 9.17) is 4.74 Å². The Labute approximate surface area is 143 Å². The molecule has 0 aliphatic carbocycles. The largest absolute Gasteiger partial charge is 0.491 e. The Balaban J connectivity index is 1.75. The van der Waals surface area contributed by atoms with Gasteiger partial charge in [0.15, 0.2) is 0 Å². The van der Waals surface area contributed by atoms with Crippen LogP contribution in [0.3, 0.4) is 0 Å². The maximum absolute atomic E-state index is 12.6. The van der Waals surface area contributed by atoms with Crippen molar-refractivity contribution in [3.8, 4) is 5.75 Å². The molecule has 124 valence electrons. The zero-order chi connectivity index (χ0) is 16.9. The summed E-state index contributed by atoms with van der Waals surface area (Å²) in [4.78, 5) is 14.5. The van der Waals surface area contributed by atoms with Crippen LogP contribution in [0.25, 0.3) is 6.08 Å². The number of ether oxygens (including phenoxy) is 1. The van der Waals surface area contributed by atoms with E-state index < -0.39 is 0 Å². The monoisotopic (exact) mass is 321 g/mol. The Morgan fingerprint density at radius 1 is 1.17 bits per heavy atom. The summed E-state index contributed by atoms with van der Waals surface area (Å²) in [5, 5.41) is 0. The fraction of sp³-hybridized carbons (Fsp3) is 0.286. The molecule has 0 unspecified atom stereocenters. The van der Waals surface area contributed by atoms with Crippen LogP contribution in [0.4, 0.5) is 5.69 Å². The van der Waals surface area contributed by atoms with Gasteiger partial charge in [0.05, 0.1) is 6.10 Å². The van der Waals surface area contributed by atoms with Crippen molar-refractivity contribution < 1.29 is 9.53 Å². The highest BCUT2D eigenvalue weighted by Crippen LogP contribution is 2.27. The van der Waals surface area contributed by atoms with Crippen LogP contribution in [-0.4, -0.2) is 18.6 Å². The fourth-order valence-corrected chi connectivity index (χ4v) is 2.98. The minimum atomic E-state index is 0.0253. The molecule has 0 atom stereocenters. The Morgan fingerprint density at radius 2 is 2.00 bits per heavy atom. The van der Waals surface area contributed by atoms with Gasteiger partial charge >= 0.3 is 0 Å². The second kappa shape index (κ2) is 7.35. The quantitative estimate of drug-likeness (QED) is 0.778. The molecular formula is C21H23NO2. The summed E-state index contributed by atoms with van der Waals surface area (Å²) >= 11 is 0. The van der Waals surface area contributed by atoms with Crippen molar-refractivity contribution in [2.45, 2.75) is 32.8 Å². The third-order valence-corrected chi connectivity index (χ3v) is 4.02. The minimum absolute atomic E-state index is 0.0253. The topological polar surface area (TPSA) is 29.5 Å². The summed E-state index contributed by atoms with van der Waals surface area (Å²) in [6.07, 6.45) is 5.69. The number of rotatable bonds is 4. The van der Waals surface area contributed by atoms with Gasteiger partial charge < -0.3 is 9.64 Å². The molecule has 1 heterocycles. The van der Waals surface area contributed by atoms with Crippen molar-refractivity contribution in [2.75, 3.05) is 11.4 Å². The lowest BCUT2D eigenvalue weighted by Crippen LogP contribution is -2.34. The Hall–Kier alpha value is -2.55. The SMILES string of the molecule is CC(C)Oc1cccc(/C=C/C(=O)N2CCCc3ccccc32)c1. The third kappa shape index (κ3) is 3.85. The van der Waals surface area contributed by atoms with Crippen molar-refractivity contribution in [1.82, 2.24) is 0 Å². The van der Waals surface area contributed by atoms with Crippen LogP contribution in [-0.2, 0) is 11.2 Å². The first-order valence-corrected chi connectivity index (χ1v) is 8.48. The number of hydrogen-bond acceptors (Lipinski definition) is 2. The molecule has 0 spiro atoms. The van der Waals surface area contributed by atoms with Crippen molar-refractivity contribution in [1.29, 1.82) is 0 Å². The van der Waals surface area contributed by atoms with Gasteiger partial charge in [0.2, 0.25) is 0 Å². The van der Waals surface area contributed by atoms with Crippen LogP contribution in [0.1, 0.15) is 31.4 Å². The predicted octanol–water partition coefficient (Wildman–Crippen LogP) is 4.47. The predicted molar refractivity (Wildman–Crippen MR) is 98.4 cm³/mol. The number of hydrogen-bond donors (Lipinski definition) is 0. The van der Waals surface area contributed by atoms with Crippen molar-refractivity contribution >= 4 is 17.7 Å². The summed E-state index contributed by atoms with van der Waals surface area (Å²) in [7, 11) is 0. The first-order valence-electron chi connectivity index (χ1n) is 8.48. The number of para-hydroxylation sites is 1. The molecule has 0 radical (unpaired) electrons. The van der Waals surface area contributed by atoms with Crippen LogP contribution in [0, 0.1) is 0 Å². The van der Waals surface area contributed by atoms with E-state index in [2.05, 4.69) is 6.07 Å². The number of nitrogens with zero attached hydrogens (tertiary/aromatic N) is 1. The number of benzene rings is 2. The number of amides is 1. The molecule has 1 aliphatic rings. The summed E-state index contributed by atoms with van der Waals surface area (Å²) in [6, 6.07) is 15.9.